The van der Waals surface area contributed by atoms with Gasteiger partial charge in [0.2, 0.25) is 0 Å². The largest absolute Gasteiger partial charge is 0.497 e. The number of hydrogen-bond donors (Lipinski definition) is 2. The molecule has 1 aliphatic rings. The molecule has 2 heterocycles. The van der Waals surface area contributed by atoms with Crippen LogP contribution in [0.15, 0.2) is 79.0 Å². The van der Waals surface area contributed by atoms with Crippen LogP contribution in [0.5, 0.6) is 5.75 Å². The summed E-state index contributed by atoms with van der Waals surface area (Å²) >= 11 is 6.12. The predicted molar refractivity (Wildman–Crippen MR) is 136 cm³/mol. The van der Waals surface area contributed by atoms with Gasteiger partial charge in [0.25, 0.3) is 5.91 Å². The lowest BCUT2D eigenvalue weighted by Crippen LogP contribution is -2.23. The minimum atomic E-state index is -0.567. The van der Waals surface area contributed by atoms with E-state index in [0.717, 1.165) is 11.1 Å². The molecule has 8 heteroatoms. The van der Waals surface area contributed by atoms with E-state index in [0.29, 0.717) is 39.1 Å². The molecule has 0 bridgehead atoms. The molecule has 1 atom stereocenters. The Labute approximate surface area is 207 Å². The zero-order valence-electron chi connectivity index (χ0n) is 19.0. The quantitative estimate of drug-likeness (QED) is 0.346. The second-order valence-electron chi connectivity index (χ2n) is 8.17. The van der Waals surface area contributed by atoms with Crippen molar-refractivity contribution in [3.8, 4) is 5.75 Å². The van der Waals surface area contributed by atoms with Crippen molar-refractivity contribution in [2.75, 3.05) is 17.7 Å². The van der Waals surface area contributed by atoms with Gasteiger partial charge in [-0.3, -0.25) is 4.79 Å². The van der Waals surface area contributed by atoms with Gasteiger partial charge < -0.3 is 15.4 Å². The van der Waals surface area contributed by atoms with E-state index < -0.39 is 6.04 Å². The van der Waals surface area contributed by atoms with Gasteiger partial charge in [0.1, 0.15) is 29.0 Å². The summed E-state index contributed by atoms with van der Waals surface area (Å²) < 4.78 is 21.8. The van der Waals surface area contributed by atoms with Gasteiger partial charge in [0.05, 0.1) is 13.3 Å². The van der Waals surface area contributed by atoms with Crippen LogP contribution >= 0.6 is 11.6 Å². The van der Waals surface area contributed by atoms with Crippen molar-refractivity contribution in [1.82, 2.24) is 9.78 Å². The highest BCUT2D eigenvalue weighted by atomic mass is 35.5. The van der Waals surface area contributed by atoms with Gasteiger partial charge >= 0.3 is 0 Å². The Bertz CT molecular complexity index is 1460. The first-order valence-electron chi connectivity index (χ1n) is 11.0. The fraction of sp³-hybridized carbons (Fsp3) is 0.111. The summed E-state index contributed by atoms with van der Waals surface area (Å²) in [6, 6.07) is 18.8. The van der Waals surface area contributed by atoms with Crippen LogP contribution in [0, 0.1) is 12.7 Å². The molecule has 6 nitrogen and oxygen atoms in total. The van der Waals surface area contributed by atoms with Crippen LogP contribution in [0.1, 0.15) is 33.1 Å². The van der Waals surface area contributed by atoms with Gasteiger partial charge in [0, 0.05) is 27.5 Å². The first kappa shape index (κ1) is 22.7. The molecule has 176 valence electrons. The molecule has 1 aromatic heterocycles. The van der Waals surface area contributed by atoms with E-state index >= 15 is 0 Å². The molecule has 1 unspecified atom stereocenters. The topological polar surface area (TPSA) is 68.2 Å². The number of fused-ring (bicyclic) bond motifs is 1. The monoisotopic (exact) mass is 488 g/mol. The molecule has 0 aliphatic carbocycles. The summed E-state index contributed by atoms with van der Waals surface area (Å²) in [5, 5.41) is 11.2. The molecule has 0 radical (unpaired) electrons. The molecule has 0 spiro atoms. The Morgan fingerprint density at radius 3 is 2.77 bits per heavy atom. The molecular formula is C27H22ClFN4O2. The van der Waals surface area contributed by atoms with E-state index in [2.05, 4.69) is 15.7 Å². The SMILES string of the molecule is COc1cccc(C2=CC(c3ccccc3F)n3ncc(C(=O)Nc4cc(Cl)ccc4C)c3N2)c1. The highest BCUT2D eigenvalue weighted by molar-refractivity contribution is 6.31. The number of hydrogen-bond acceptors (Lipinski definition) is 4. The number of carbonyl (C=O) groups excluding carboxylic acids is 1. The minimum Gasteiger partial charge on any atom is -0.497 e. The number of anilines is 2. The van der Waals surface area contributed by atoms with E-state index in [4.69, 9.17) is 16.3 Å². The van der Waals surface area contributed by atoms with Gasteiger partial charge in [0.15, 0.2) is 0 Å². The summed E-state index contributed by atoms with van der Waals surface area (Å²) in [6.45, 7) is 1.88. The Balaban J connectivity index is 1.59. The van der Waals surface area contributed by atoms with Crippen molar-refractivity contribution in [3.63, 3.8) is 0 Å². The smallest absolute Gasteiger partial charge is 0.261 e. The van der Waals surface area contributed by atoms with Crippen molar-refractivity contribution in [1.29, 1.82) is 0 Å². The van der Waals surface area contributed by atoms with Crippen LogP contribution in [-0.4, -0.2) is 22.8 Å². The van der Waals surface area contributed by atoms with E-state index in [9.17, 15) is 9.18 Å². The summed E-state index contributed by atoms with van der Waals surface area (Å²) in [5.41, 5.74) is 3.77. The predicted octanol–water partition coefficient (Wildman–Crippen LogP) is 6.30. The second kappa shape index (κ2) is 9.27. The lowest BCUT2D eigenvalue weighted by atomic mass is 10.0. The number of amides is 1. The number of halogens is 2. The van der Waals surface area contributed by atoms with E-state index in [-0.39, 0.29) is 11.7 Å². The number of methoxy groups -OCH3 is 1. The average molecular weight is 489 g/mol. The number of nitrogens with one attached hydrogen (secondary N) is 2. The summed E-state index contributed by atoms with van der Waals surface area (Å²) in [5.74, 6) is 0.419. The summed E-state index contributed by atoms with van der Waals surface area (Å²) in [6.07, 6.45) is 3.36. The van der Waals surface area contributed by atoms with E-state index in [1.54, 1.807) is 42.1 Å². The van der Waals surface area contributed by atoms with Crippen molar-refractivity contribution < 1.29 is 13.9 Å². The van der Waals surface area contributed by atoms with Gasteiger partial charge in [-0.15, -0.1) is 0 Å². The van der Waals surface area contributed by atoms with Crippen molar-refractivity contribution in [3.05, 3.63) is 112 Å². The first-order chi connectivity index (χ1) is 16.9. The number of aryl methyl sites for hydroxylation is 1. The third-order valence-corrected chi connectivity index (χ3v) is 6.17. The molecule has 1 amide bonds. The summed E-state index contributed by atoms with van der Waals surface area (Å²) in [4.78, 5) is 13.3. The van der Waals surface area contributed by atoms with Crippen LogP contribution < -0.4 is 15.4 Å². The minimum absolute atomic E-state index is 0.319. The Kier molecular flexibility index (Phi) is 6.01. The molecule has 3 aromatic carbocycles. The van der Waals surface area contributed by atoms with Crippen LogP contribution in [0.3, 0.4) is 0 Å². The number of nitrogens with zero attached hydrogens (tertiary/aromatic N) is 2. The molecule has 0 saturated carbocycles. The van der Waals surface area contributed by atoms with E-state index in [1.165, 1.54) is 12.3 Å². The first-order valence-corrected chi connectivity index (χ1v) is 11.3. The molecule has 4 aromatic rings. The zero-order chi connectivity index (χ0) is 24.5. The highest BCUT2D eigenvalue weighted by Crippen LogP contribution is 2.37. The zero-order valence-corrected chi connectivity index (χ0v) is 19.8. The fourth-order valence-electron chi connectivity index (χ4n) is 4.08. The Morgan fingerprint density at radius 2 is 1.97 bits per heavy atom. The van der Waals surface area contributed by atoms with E-state index in [1.807, 2.05) is 43.3 Å². The number of aromatic nitrogens is 2. The van der Waals surface area contributed by atoms with Crippen LogP contribution in [-0.2, 0) is 0 Å². The standard InChI is InChI=1S/C27H22ClFN4O2/c1-16-10-11-18(28)13-23(16)32-27(34)21-15-30-33-25(20-8-3-4-9-22(20)29)14-24(31-26(21)33)17-6-5-7-19(12-17)35-2/h3-15,25,31H,1-2H3,(H,32,34). The number of allylic oxidation sites excluding steroid dienone is 1. The maximum Gasteiger partial charge on any atom is 0.261 e. The Morgan fingerprint density at radius 1 is 1.14 bits per heavy atom. The maximum absolute atomic E-state index is 14.8. The Hall–Kier alpha value is -4.10. The number of benzene rings is 3. The maximum atomic E-state index is 14.8. The lowest BCUT2D eigenvalue weighted by molar-refractivity contribution is 0.102. The fourth-order valence-corrected chi connectivity index (χ4v) is 4.25. The molecule has 0 saturated heterocycles. The molecule has 5 rings (SSSR count). The third-order valence-electron chi connectivity index (χ3n) is 5.93. The molecule has 2 N–H and O–H groups in total. The molecular weight excluding hydrogens is 467 g/mol. The molecule has 35 heavy (non-hydrogen) atoms. The highest BCUT2D eigenvalue weighted by Gasteiger charge is 2.29. The van der Waals surface area contributed by atoms with Crippen molar-refractivity contribution >= 4 is 34.7 Å². The van der Waals surface area contributed by atoms with Crippen molar-refractivity contribution in [2.24, 2.45) is 0 Å². The van der Waals surface area contributed by atoms with Gasteiger partial charge in [-0.1, -0.05) is 48.0 Å². The average Bonchev–Trinajstić information content (AvgIpc) is 3.30. The summed E-state index contributed by atoms with van der Waals surface area (Å²) in [7, 11) is 1.60. The van der Waals surface area contributed by atoms with Gasteiger partial charge in [-0.05, 0) is 48.9 Å². The normalized spacial score (nSPS) is 14.5. The van der Waals surface area contributed by atoms with Gasteiger partial charge in [-0.2, -0.15) is 5.10 Å². The van der Waals surface area contributed by atoms with Crippen LogP contribution in [0.2, 0.25) is 5.02 Å². The third kappa shape index (κ3) is 4.38. The van der Waals surface area contributed by atoms with Crippen molar-refractivity contribution in [2.45, 2.75) is 13.0 Å². The number of rotatable bonds is 5. The van der Waals surface area contributed by atoms with Gasteiger partial charge in [-0.25, -0.2) is 9.07 Å². The van der Waals surface area contributed by atoms with Crippen LogP contribution in [0.4, 0.5) is 15.9 Å². The second-order valence-corrected chi connectivity index (χ2v) is 8.60. The number of carbonyl (C=O) groups is 1. The lowest BCUT2D eigenvalue weighted by Gasteiger charge is -2.26. The number of ether oxygens (including phenoxy) is 1. The van der Waals surface area contributed by atoms with Crippen LogP contribution in [0.25, 0.3) is 5.70 Å². The molecule has 0 fully saturated rings. The molecule has 1 aliphatic heterocycles.